The zero-order chi connectivity index (χ0) is 17.4. The molecule has 5 nitrogen and oxygen atoms in total. The Kier molecular flexibility index (Phi) is 4.34. The second-order valence-corrected chi connectivity index (χ2v) is 6.94. The van der Waals surface area contributed by atoms with E-state index in [4.69, 9.17) is 4.74 Å². The number of hydrogen-bond acceptors (Lipinski definition) is 3. The number of hydrogen-bond donors (Lipinski definition) is 1. The van der Waals surface area contributed by atoms with E-state index in [2.05, 4.69) is 0 Å². The molecule has 3 rings (SSSR count). The Bertz CT molecular complexity index is 658. The van der Waals surface area contributed by atoms with Gasteiger partial charge in [-0.3, -0.25) is 9.59 Å². The summed E-state index contributed by atoms with van der Waals surface area (Å²) < 4.78 is 18.7. The van der Waals surface area contributed by atoms with Gasteiger partial charge in [0.15, 0.2) is 0 Å². The van der Waals surface area contributed by atoms with E-state index in [1.165, 1.54) is 19.2 Å². The lowest BCUT2D eigenvalue weighted by Gasteiger charge is -2.43. The Morgan fingerprint density at radius 1 is 1.33 bits per heavy atom. The summed E-state index contributed by atoms with van der Waals surface area (Å²) in [6.45, 7) is 0.622. The largest absolute Gasteiger partial charge is 0.481 e. The van der Waals surface area contributed by atoms with Gasteiger partial charge in [-0.25, -0.2) is 4.39 Å². The average molecular weight is 335 g/mol. The smallest absolute Gasteiger partial charge is 0.313 e. The summed E-state index contributed by atoms with van der Waals surface area (Å²) in [6, 6.07) is 6.20. The van der Waals surface area contributed by atoms with E-state index >= 15 is 0 Å². The van der Waals surface area contributed by atoms with Crippen molar-refractivity contribution in [2.24, 2.45) is 5.41 Å². The lowest BCUT2D eigenvalue weighted by Crippen LogP contribution is -2.51. The average Bonchev–Trinajstić information content (AvgIpc) is 2.92. The van der Waals surface area contributed by atoms with Crippen LogP contribution < -0.4 is 0 Å². The van der Waals surface area contributed by atoms with E-state index in [9.17, 15) is 19.1 Å². The van der Waals surface area contributed by atoms with Gasteiger partial charge in [0.2, 0.25) is 5.91 Å². The van der Waals surface area contributed by atoms with Crippen LogP contribution in [0, 0.1) is 11.2 Å². The van der Waals surface area contributed by atoms with Gasteiger partial charge in [-0.1, -0.05) is 18.6 Å². The van der Waals surface area contributed by atoms with E-state index in [0.29, 0.717) is 31.4 Å². The summed E-state index contributed by atoms with van der Waals surface area (Å²) in [5.74, 6) is -1.38. The molecule has 1 saturated carbocycles. The fourth-order valence-electron chi connectivity index (χ4n) is 3.92. The van der Waals surface area contributed by atoms with Crippen molar-refractivity contribution in [1.29, 1.82) is 0 Å². The number of likely N-dealkylation sites (tertiary alicyclic amines) is 1. The number of carboxylic acid groups (broad SMARTS) is 1. The molecule has 0 spiro atoms. The number of nitrogens with zero attached hydrogens (tertiary/aromatic N) is 1. The minimum Gasteiger partial charge on any atom is -0.481 e. The number of carbonyl (C=O) groups is 2. The highest BCUT2D eigenvalue weighted by atomic mass is 19.1. The summed E-state index contributed by atoms with van der Waals surface area (Å²) >= 11 is 0. The van der Waals surface area contributed by atoms with Crippen LogP contribution in [0.25, 0.3) is 0 Å². The van der Waals surface area contributed by atoms with Crippen molar-refractivity contribution in [1.82, 2.24) is 4.90 Å². The highest BCUT2D eigenvalue weighted by molar-refractivity contribution is 5.90. The predicted octanol–water partition coefficient (Wildman–Crippen LogP) is 2.20. The molecule has 130 valence electrons. The van der Waals surface area contributed by atoms with Gasteiger partial charge in [0.1, 0.15) is 11.2 Å². The Balaban J connectivity index is 1.85. The Hall–Kier alpha value is -1.95. The first-order valence-corrected chi connectivity index (χ1v) is 8.21. The molecular weight excluding hydrogens is 313 g/mol. The fraction of sp³-hybridized carbons (Fsp3) is 0.556. The van der Waals surface area contributed by atoms with Crippen molar-refractivity contribution >= 4 is 11.9 Å². The molecule has 1 amide bonds. The maximum absolute atomic E-state index is 13.6. The van der Waals surface area contributed by atoms with E-state index in [0.717, 1.165) is 6.42 Å². The number of methoxy groups -OCH3 is 1. The number of aliphatic carboxylic acids is 1. The highest BCUT2D eigenvalue weighted by Crippen LogP contribution is 2.47. The van der Waals surface area contributed by atoms with Gasteiger partial charge >= 0.3 is 5.97 Å². The number of carbonyl (C=O) groups excluding carboxylic acids is 1. The molecule has 6 heteroatoms. The molecule has 1 saturated heterocycles. The molecule has 1 heterocycles. The maximum atomic E-state index is 13.6. The number of amides is 1. The molecule has 1 unspecified atom stereocenters. The van der Waals surface area contributed by atoms with Gasteiger partial charge in [-0.15, -0.1) is 0 Å². The third-order valence-electron chi connectivity index (χ3n) is 5.51. The molecule has 1 aliphatic carbocycles. The van der Waals surface area contributed by atoms with Crippen molar-refractivity contribution in [3.05, 3.63) is 35.6 Å². The van der Waals surface area contributed by atoms with Crippen LogP contribution in [0.1, 0.15) is 31.2 Å². The number of carboxylic acids is 1. The summed E-state index contributed by atoms with van der Waals surface area (Å²) in [7, 11) is 1.47. The van der Waals surface area contributed by atoms with Gasteiger partial charge in [0.05, 0.1) is 12.0 Å². The maximum Gasteiger partial charge on any atom is 0.313 e. The van der Waals surface area contributed by atoms with Crippen LogP contribution >= 0.6 is 0 Å². The molecule has 1 atom stereocenters. The molecule has 1 aromatic carbocycles. The van der Waals surface area contributed by atoms with Crippen LogP contribution in [0.5, 0.6) is 0 Å². The van der Waals surface area contributed by atoms with Crippen molar-refractivity contribution < 1.29 is 23.8 Å². The van der Waals surface area contributed by atoms with Gasteiger partial charge in [0.25, 0.3) is 0 Å². The number of ether oxygens (including phenoxy) is 1. The third-order valence-corrected chi connectivity index (χ3v) is 5.51. The highest BCUT2D eigenvalue weighted by Gasteiger charge is 2.53. The number of halogens is 1. The monoisotopic (exact) mass is 335 g/mol. The quantitative estimate of drug-likeness (QED) is 0.896. The molecule has 0 bridgehead atoms. The lowest BCUT2D eigenvalue weighted by molar-refractivity contribution is -0.152. The SMILES string of the molecule is COCC1(C(=O)O)CCN(C(=O)C2(c3cccc(F)c3)CCC2)C1. The molecular formula is C18H22FNO4. The Labute approximate surface area is 140 Å². The first-order chi connectivity index (χ1) is 11.4. The fourth-order valence-corrected chi connectivity index (χ4v) is 3.92. The second-order valence-electron chi connectivity index (χ2n) is 6.94. The van der Waals surface area contributed by atoms with E-state index in [-0.39, 0.29) is 24.9 Å². The summed E-state index contributed by atoms with van der Waals surface area (Å²) in [5.41, 5.74) is -1.06. The normalized spacial score (nSPS) is 25.3. The third kappa shape index (κ3) is 2.59. The van der Waals surface area contributed by atoms with Gasteiger partial charge in [-0.2, -0.15) is 0 Å². The molecule has 2 aliphatic rings. The van der Waals surface area contributed by atoms with E-state index in [1.807, 2.05) is 0 Å². The van der Waals surface area contributed by atoms with Crippen LogP contribution in [0.3, 0.4) is 0 Å². The Morgan fingerprint density at radius 3 is 2.62 bits per heavy atom. The number of rotatable bonds is 5. The lowest BCUT2D eigenvalue weighted by atomic mass is 9.63. The first-order valence-electron chi connectivity index (χ1n) is 8.21. The molecule has 1 aliphatic heterocycles. The predicted molar refractivity (Wildman–Crippen MR) is 85.1 cm³/mol. The molecule has 2 fully saturated rings. The van der Waals surface area contributed by atoms with Gasteiger partial charge in [0, 0.05) is 20.2 Å². The van der Waals surface area contributed by atoms with Crippen LogP contribution in [-0.2, 0) is 19.7 Å². The van der Waals surface area contributed by atoms with Crippen molar-refractivity contribution in [2.45, 2.75) is 31.1 Å². The molecule has 0 aromatic heterocycles. The van der Waals surface area contributed by atoms with Gasteiger partial charge < -0.3 is 14.7 Å². The van der Waals surface area contributed by atoms with Crippen LogP contribution in [0.4, 0.5) is 4.39 Å². The standard InChI is InChI=1S/C18H22FNO4/c1-24-12-17(16(22)23)8-9-20(11-17)15(21)18(6-3-7-18)13-4-2-5-14(19)10-13/h2,4-5,10H,3,6-9,11-12H2,1H3,(H,22,23). The van der Waals surface area contributed by atoms with Crippen molar-refractivity contribution in [2.75, 3.05) is 26.8 Å². The molecule has 1 aromatic rings. The summed E-state index contributed by atoms with van der Waals surface area (Å²) in [5, 5.41) is 9.55. The molecule has 24 heavy (non-hydrogen) atoms. The van der Waals surface area contributed by atoms with Gasteiger partial charge in [-0.05, 0) is 37.0 Å². The minimum absolute atomic E-state index is 0.0824. The van der Waals surface area contributed by atoms with Crippen molar-refractivity contribution in [3.8, 4) is 0 Å². The first kappa shape index (κ1) is 16.9. The molecule has 1 N–H and O–H groups in total. The van der Waals surface area contributed by atoms with Crippen molar-refractivity contribution in [3.63, 3.8) is 0 Å². The second kappa shape index (κ2) is 6.16. The molecule has 0 radical (unpaired) electrons. The topological polar surface area (TPSA) is 66.8 Å². The van der Waals surface area contributed by atoms with Crippen LogP contribution in [-0.4, -0.2) is 48.7 Å². The van der Waals surface area contributed by atoms with E-state index in [1.54, 1.807) is 17.0 Å². The van der Waals surface area contributed by atoms with Crippen LogP contribution in [0.2, 0.25) is 0 Å². The zero-order valence-corrected chi connectivity index (χ0v) is 13.8. The summed E-state index contributed by atoms with van der Waals surface area (Å²) in [6.07, 6.45) is 2.64. The van der Waals surface area contributed by atoms with Crippen LogP contribution in [0.15, 0.2) is 24.3 Å². The zero-order valence-electron chi connectivity index (χ0n) is 13.8. The number of benzene rings is 1. The summed E-state index contributed by atoms with van der Waals surface area (Å²) in [4.78, 5) is 26.4. The Morgan fingerprint density at radius 2 is 2.08 bits per heavy atom. The van der Waals surface area contributed by atoms with E-state index < -0.39 is 16.8 Å². The minimum atomic E-state index is -1.04.